The van der Waals surface area contributed by atoms with Crippen molar-refractivity contribution in [3.8, 4) is 0 Å². The molecule has 3 aromatic carbocycles. The lowest BCUT2D eigenvalue weighted by molar-refractivity contribution is -0.347. The van der Waals surface area contributed by atoms with E-state index in [-0.39, 0.29) is 13.2 Å². The number of carbonyl (C=O) groups excluding carboxylic acids is 1. The van der Waals surface area contributed by atoms with Gasteiger partial charge >= 0.3 is 5.97 Å². The molecule has 3 aromatic rings. The van der Waals surface area contributed by atoms with E-state index in [9.17, 15) is 4.79 Å². The predicted octanol–water partition coefficient (Wildman–Crippen LogP) is 4.68. The average Bonchev–Trinajstić information content (AvgIpc) is 2.94. The standard InChI is InChI=1S/C30H34O7/c1-30(29(31)32-2)36-26(21-33-18-23-12-6-3-7-13-23)28(35-20-25-16-10-5-11-17-25)27(37-30)22-34-19-24-14-8-4-9-15-24/h3-17,26-28H,18-22H2,1-2H3/t26-,27+,28?,30?. The minimum absolute atomic E-state index is 0.194. The number of esters is 1. The fraction of sp³-hybridized carbons (Fsp3) is 0.367. The molecule has 7 nitrogen and oxygen atoms in total. The Hall–Kier alpha value is -3.07. The maximum absolute atomic E-state index is 12.7. The van der Waals surface area contributed by atoms with Crippen molar-refractivity contribution in [1.82, 2.24) is 0 Å². The average molecular weight is 507 g/mol. The van der Waals surface area contributed by atoms with Gasteiger partial charge in [-0.1, -0.05) is 91.0 Å². The van der Waals surface area contributed by atoms with Crippen molar-refractivity contribution in [3.63, 3.8) is 0 Å². The van der Waals surface area contributed by atoms with Crippen LogP contribution in [0.5, 0.6) is 0 Å². The molecule has 0 N–H and O–H groups in total. The Morgan fingerprint density at radius 3 is 1.51 bits per heavy atom. The monoisotopic (exact) mass is 506 g/mol. The van der Waals surface area contributed by atoms with Crippen molar-refractivity contribution < 1.29 is 33.2 Å². The SMILES string of the molecule is COC(=O)C1(C)O[C@@H](COCc2ccccc2)C(OCc2ccccc2)[C@@H](COCc2ccccc2)O1. The third-order valence-electron chi connectivity index (χ3n) is 6.11. The summed E-state index contributed by atoms with van der Waals surface area (Å²) < 4.78 is 35.7. The maximum atomic E-state index is 12.7. The molecule has 0 spiro atoms. The van der Waals surface area contributed by atoms with Crippen LogP contribution in [-0.4, -0.2) is 50.4 Å². The first-order valence-electron chi connectivity index (χ1n) is 12.4. The van der Waals surface area contributed by atoms with Gasteiger partial charge in [-0.05, 0) is 16.7 Å². The van der Waals surface area contributed by atoms with Crippen molar-refractivity contribution >= 4 is 5.97 Å². The molecular formula is C30H34O7. The van der Waals surface area contributed by atoms with Gasteiger partial charge in [0.2, 0.25) is 0 Å². The van der Waals surface area contributed by atoms with Crippen molar-refractivity contribution in [2.75, 3.05) is 20.3 Å². The van der Waals surface area contributed by atoms with Gasteiger partial charge in [-0.15, -0.1) is 0 Å². The summed E-state index contributed by atoms with van der Waals surface area (Å²) in [6.45, 7) is 3.09. The van der Waals surface area contributed by atoms with E-state index >= 15 is 0 Å². The first kappa shape index (κ1) is 27.0. The first-order valence-corrected chi connectivity index (χ1v) is 12.4. The highest BCUT2D eigenvalue weighted by molar-refractivity contribution is 5.77. The number of hydrogen-bond donors (Lipinski definition) is 0. The maximum Gasteiger partial charge on any atom is 0.366 e. The van der Waals surface area contributed by atoms with Gasteiger partial charge in [-0.25, -0.2) is 4.79 Å². The molecule has 0 aromatic heterocycles. The summed E-state index contributed by atoms with van der Waals surface area (Å²) in [6.07, 6.45) is -1.75. The van der Waals surface area contributed by atoms with E-state index in [0.717, 1.165) is 16.7 Å². The summed E-state index contributed by atoms with van der Waals surface area (Å²) in [5, 5.41) is 0. The molecule has 0 bridgehead atoms. The van der Waals surface area contributed by atoms with E-state index in [1.807, 2.05) is 91.0 Å². The van der Waals surface area contributed by atoms with Crippen molar-refractivity contribution in [2.45, 2.75) is 50.8 Å². The minimum Gasteiger partial charge on any atom is -0.465 e. The second kappa shape index (κ2) is 13.5. The molecule has 0 aliphatic carbocycles. The molecular weight excluding hydrogens is 472 g/mol. The highest BCUT2D eigenvalue weighted by Crippen LogP contribution is 2.32. The van der Waals surface area contributed by atoms with E-state index in [2.05, 4.69) is 0 Å². The van der Waals surface area contributed by atoms with Crippen LogP contribution in [0, 0.1) is 0 Å². The quantitative estimate of drug-likeness (QED) is 0.330. The molecule has 0 saturated carbocycles. The molecule has 2 unspecified atom stereocenters. The third-order valence-corrected chi connectivity index (χ3v) is 6.11. The molecule has 1 aliphatic heterocycles. The zero-order valence-electron chi connectivity index (χ0n) is 21.3. The van der Waals surface area contributed by atoms with Gasteiger partial charge in [0.25, 0.3) is 5.79 Å². The number of carbonyl (C=O) groups is 1. The van der Waals surface area contributed by atoms with Crippen LogP contribution in [0.15, 0.2) is 91.0 Å². The van der Waals surface area contributed by atoms with Gasteiger partial charge in [0, 0.05) is 6.92 Å². The Kier molecular flexibility index (Phi) is 9.82. The number of rotatable bonds is 12. The van der Waals surface area contributed by atoms with E-state index in [1.165, 1.54) is 7.11 Å². The van der Waals surface area contributed by atoms with Gasteiger partial charge in [-0.3, -0.25) is 0 Å². The van der Waals surface area contributed by atoms with E-state index in [1.54, 1.807) is 6.92 Å². The summed E-state index contributed by atoms with van der Waals surface area (Å²) >= 11 is 0. The molecule has 7 heteroatoms. The topological polar surface area (TPSA) is 72.5 Å². The van der Waals surface area contributed by atoms with Crippen molar-refractivity contribution in [2.24, 2.45) is 0 Å². The molecule has 0 amide bonds. The van der Waals surface area contributed by atoms with Crippen molar-refractivity contribution in [3.05, 3.63) is 108 Å². The predicted molar refractivity (Wildman–Crippen MR) is 137 cm³/mol. The second-order valence-electron chi connectivity index (χ2n) is 9.01. The van der Waals surface area contributed by atoms with Crippen LogP contribution in [0.25, 0.3) is 0 Å². The van der Waals surface area contributed by atoms with Crippen molar-refractivity contribution in [1.29, 1.82) is 0 Å². The fourth-order valence-electron chi connectivity index (χ4n) is 4.23. The largest absolute Gasteiger partial charge is 0.465 e. The van der Waals surface area contributed by atoms with E-state index < -0.39 is 30.1 Å². The van der Waals surface area contributed by atoms with E-state index in [4.69, 9.17) is 28.4 Å². The lowest BCUT2D eigenvalue weighted by Gasteiger charge is -2.45. The lowest BCUT2D eigenvalue weighted by atomic mass is 10.0. The number of hydrogen-bond acceptors (Lipinski definition) is 7. The number of benzene rings is 3. The molecule has 1 aliphatic rings. The molecule has 1 heterocycles. The smallest absolute Gasteiger partial charge is 0.366 e. The van der Waals surface area contributed by atoms with Gasteiger partial charge in [-0.2, -0.15) is 0 Å². The van der Waals surface area contributed by atoms with Crippen LogP contribution >= 0.6 is 0 Å². The molecule has 196 valence electrons. The van der Waals surface area contributed by atoms with E-state index in [0.29, 0.717) is 19.8 Å². The normalized spacial score (nSPS) is 23.5. The Bertz CT molecular complexity index is 1020. The van der Waals surface area contributed by atoms with Gasteiger partial charge in [0.1, 0.15) is 18.3 Å². The molecule has 1 fully saturated rings. The van der Waals surface area contributed by atoms with Crippen LogP contribution in [-0.2, 0) is 53.0 Å². The Balaban J connectivity index is 1.50. The molecule has 1 saturated heterocycles. The minimum atomic E-state index is -1.62. The summed E-state index contributed by atoms with van der Waals surface area (Å²) in [6, 6.07) is 29.6. The van der Waals surface area contributed by atoms with Crippen LogP contribution in [0.3, 0.4) is 0 Å². The highest BCUT2D eigenvalue weighted by Gasteiger charge is 2.51. The van der Waals surface area contributed by atoms with Crippen LogP contribution in [0.1, 0.15) is 23.6 Å². The van der Waals surface area contributed by atoms with Gasteiger partial charge in [0.05, 0.1) is 40.1 Å². The molecule has 4 rings (SSSR count). The summed E-state index contributed by atoms with van der Waals surface area (Å²) in [7, 11) is 1.31. The van der Waals surface area contributed by atoms with Gasteiger partial charge in [0.15, 0.2) is 0 Å². The highest BCUT2D eigenvalue weighted by atomic mass is 16.8. The zero-order chi connectivity index (χ0) is 25.9. The van der Waals surface area contributed by atoms with Crippen LogP contribution in [0.4, 0.5) is 0 Å². The Morgan fingerprint density at radius 1 is 0.703 bits per heavy atom. The molecule has 37 heavy (non-hydrogen) atoms. The number of ether oxygens (including phenoxy) is 6. The summed E-state index contributed by atoms with van der Waals surface area (Å²) in [5.41, 5.74) is 3.08. The molecule has 4 atom stereocenters. The first-order chi connectivity index (χ1) is 18.1. The second-order valence-corrected chi connectivity index (χ2v) is 9.01. The Labute approximate surface area is 218 Å². The number of methoxy groups -OCH3 is 1. The summed E-state index contributed by atoms with van der Waals surface area (Å²) in [5.74, 6) is -2.25. The fourth-order valence-corrected chi connectivity index (χ4v) is 4.23. The van der Waals surface area contributed by atoms with Crippen LogP contribution in [0.2, 0.25) is 0 Å². The lowest BCUT2D eigenvalue weighted by Crippen LogP contribution is -2.61. The van der Waals surface area contributed by atoms with Crippen LogP contribution < -0.4 is 0 Å². The zero-order valence-corrected chi connectivity index (χ0v) is 21.3. The molecule has 0 radical (unpaired) electrons. The van der Waals surface area contributed by atoms with Gasteiger partial charge < -0.3 is 28.4 Å². The summed E-state index contributed by atoms with van der Waals surface area (Å²) in [4.78, 5) is 12.7. The third kappa shape index (κ3) is 7.71. The Morgan fingerprint density at radius 2 is 1.11 bits per heavy atom.